The zero-order valence-electron chi connectivity index (χ0n) is 11.7. The Labute approximate surface area is 113 Å². The summed E-state index contributed by atoms with van der Waals surface area (Å²) < 4.78 is 5.41. The van der Waals surface area contributed by atoms with E-state index in [1.54, 1.807) is 13.0 Å². The van der Waals surface area contributed by atoms with Gasteiger partial charge in [-0.1, -0.05) is 0 Å². The summed E-state index contributed by atoms with van der Waals surface area (Å²) >= 11 is 0. The molecule has 1 aromatic heterocycles. The van der Waals surface area contributed by atoms with Crippen molar-refractivity contribution in [2.24, 2.45) is 5.92 Å². The van der Waals surface area contributed by atoms with Crippen LogP contribution in [0.5, 0.6) is 0 Å². The summed E-state index contributed by atoms with van der Waals surface area (Å²) in [5.41, 5.74) is -0.411. The van der Waals surface area contributed by atoms with Crippen LogP contribution >= 0.6 is 0 Å². The van der Waals surface area contributed by atoms with Crippen LogP contribution in [0.2, 0.25) is 0 Å². The molecular weight excluding hydrogens is 244 g/mol. The van der Waals surface area contributed by atoms with Crippen LogP contribution in [0.4, 0.5) is 4.79 Å². The summed E-state index contributed by atoms with van der Waals surface area (Å²) in [4.78, 5) is 11.6. The lowest BCUT2D eigenvalue weighted by molar-refractivity contribution is 0.0579. The Morgan fingerprint density at radius 2 is 2.16 bits per heavy atom. The third-order valence-corrected chi connectivity index (χ3v) is 3.46. The van der Waals surface area contributed by atoms with Crippen molar-refractivity contribution in [1.82, 2.24) is 10.6 Å². The molecule has 1 aliphatic rings. The number of hydrogen-bond acceptors (Lipinski definition) is 3. The molecule has 0 spiro atoms. The van der Waals surface area contributed by atoms with Gasteiger partial charge >= 0.3 is 6.03 Å². The molecule has 1 aliphatic carbocycles. The van der Waals surface area contributed by atoms with Gasteiger partial charge in [-0.05, 0) is 45.6 Å². The molecule has 1 unspecified atom stereocenters. The molecule has 0 radical (unpaired) electrons. The summed E-state index contributed by atoms with van der Waals surface area (Å²) in [7, 11) is 0. The van der Waals surface area contributed by atoms with Gasteiger partial charge in [0.05, 0.1) is 6.54 Å². The number of nitrogens with one attached hydrogen (secondary N) is 2. The molecule has 0 aromatic carbocycles. The number of carbonyl (C=O) groups excluding carboxylic acids is 1. The van der Waals surface area contributed by atoms with Crippen molar-refractivity contribution in [1.29, 1.82) is 0 Å². The first-order valence-electron chi connectivity index (χ1n) is 6.70. The summed E-state index contributed by atoms with van der Waals surface area (Å²) in [6.07, 6.45) is 2.40. The number of furan rings is 1. The molecule has 19 heavy (non-hydrogen) atoms. The van der Waals surface area contributed by atoms with Gasteiger partial charge in [0.1, 0.15) is 17.1 Å². The molecule has 1 aromatic rings. The Hall–Kier alpha value is -1.49. The molecule has 5 heteroatoms. The van der Waals surface area contributed by atoms with Gasteiger partial charge in [0.15, 0.2) is 0 Å². The minimum Gasteiger partial charge on any atom is -0.466 e. The van der Waals surface area contributed by atoms with E-state index in [9.17, 15) is 9.90 Å². The lowest BCUT2D eigenvalue weighted by atomic mass is 9.96. The SMILES string of the molecule is Cc1cc(C(C)(O)CNC(=O)NCC2CC2)c(C)o1. The number of carbonyl (C=O) groups is 1. The van der Waals surface area contributed by atoms with Gasteiger partial charge in [-0.15, -0.1) is 0 Å². The van der Waals surface area contributed by atoms with E-state index >= 15 is 0 Å². The summed E-state index contributed by atoms with van der Waals surface area (Å²) in [6, 6.07) is 1.57. The zero-order chi connectivity index (χ0) is 14.0. The van der Waals surface area contributed by atoms with Gasteiger partial charge in [-0.25, -0.2) is 4.79 Å². The molecule has 2 rings (SSSR count). The van der Waals surface area contributed by atoms with E-state index < -0.39 is 5.60 Å². The predicted molar refractivity (Wildman–Crippen MR) is 71.9 cm³/mol. The van der Waals surface area contributed by atoms with Gasteiger partial charge in [0.2, 0.25) is 0 Å². The maximum absolute atomic E-state index is 11.6. The Balaban J connectivity index is 1.85. The van der Waals surface area contributed by atoms with E-state index in [4.69, 9.17) is 4.42 Å². The largest absolute Gasteiger partial charge is 0.466 e. The van der Waals surface area contributed by atoms with Crippen molar-refractivity contribution in [2.75, 3.05) is 13.1 Å². The topological polar surface area (TPSA) is 74.5 Å². The standard InChI is InChI=1S/C14H22N2O3/c1-9-6-12(10(2)19-9)14(3,18)8-16-13(17)15-7-11-4-5-11/h6,11,18H,4-5,7-8H2,1-3H3,(H2,15,16,17). The number of aryl methyl sites for hydroxylation is 2. The maximum Gasteiger partial charge on any atom is 0.314 e. The molecule has 1 atom stereocenters. The molecular formula is C14H22N2O3. The van der Waals surface area contributed by atoms with E-state index in [1.807, 2.05) is 13.8 Å². The van der Waals surface area contributed by atoms with Crippen LogP contribution in [0.1, 0.15) is 36.8 Å². The highest BCUT2D eigenvalue weighted by molar-refractivity contribution is 5.73. The number of hydrogen-bond donors (Lipinski definition) is 3. The molecule has 0 bridgehead atoms. The molecule has 0 aliphatic heterocycles. The molecule has 0 saturated heterocycles. The van der Waals surface area contributed by atoms with Crippen molar-refractivity contribution >= 4 is 6.03 Å². The molecule has 2 amide bonds. The normalized spacial score (nSPS) is 17.9. The van der Waals surface area contributed by atoms with Gasteiger partial charge in [-0.2, -0.15) is 0 Å². The summed E-state index contributed by atoms with van der Waals surface area (Å²) in [5.74, 6) is 2.08. The molecule has 3 N–H and O–H groups in total. The molecule has 106 valence electrons. The molecule has 1 heterocycles. The van der Waals surface area contributed by atoms with Gasteiger partial charge in [0, 0.05) is 12.1 Å². The summed E-state index contributed by atoms with van der Waals surface area (Å²) in [5, 5.41) is 15.9. The van der Waals surface area contributed by atoms with Crippen LogP contribution in [0, 0.1) is 19.8 Å². The van der Waals surface area contributed by atoms with Crippen molar-refractivity contribution < 1.29 is 14.3 Å². The van der Waals surface area contributed by atoms with Crippen LogP contribution in [0.15, 0.2) is 10.5 Å². The predicted octanol–water partition coefficient (Wildman–Crippen LogP) is 1.81. The lowest BCUT2D eigenvalue weighted by Gasteiger charge is -2.23. The second-order valence-electron chi connectivity index (χ2n) is 5.61. The van der Waals surface area contributed by atoms with Crippen LogP contribution in [0.3, 0.4) is 0 Å². The number of urea groups is 1. The average molecular weight is 266 g/mol. The monoisotopic (exact) mass is 266 g/mol. The third kappa shape index (κ3) is 3.73. The lowest BCUT2D eigenvalue weighted by Crippen LogP contribution is -2.44. The smallest absolute Gasteiger partial charge is 0.314 e. The van der Waals surface area contributed by atoms with Crippen LogP contribution in [0.25, 0.3) is 0 Å². The second kappa shape index (κ2) is 5.25. The second-order valence-corrected chi connectivity index (χ2v) is 5.61. The Bertz CT molecular complexity index is 461. The van der Waals surface area contributed by atoms with Crippen LogP contribution in [-0.4, -0.2) is 24.2 Å². The first-order chi connectivity index (χ1) is 8.88. The van der Waals surface area contributed by atoms with Crippen molar-refractivity contribution in [3.63, 3.8) is 0 Å². The van der Waals surface area contributed by atoms with Gasteiger partial charge in [0.25, 0.3) is 0 Å². The molecule has 1 fully saturated rings. The summed E-state index contributed by atoms with van der Waals surface area (Å²) in [6.45, 7) is 6.19. The molecule has 5 nitrogen and oxygen atoms in total. The molecule has 1 saturated carbocycles. The number of aliphatic hydroxyl groups is 1. The van der Waals surface area contributed by atoms with E-state index in [1.165, 1.54) is 12.8 Å². The van der Waals surface area contributed by atoms with Gasteiger partial charge < -0.3 is 20.2 Å². The van der Waals surface area contributed by atoms with Crippen LogP contribution in [-0.2, 0) is 5.60 Å². The first-order valence-corrected chi connectivity index (χ1v) is 6.70. The third-order valence-electron chi connectivity index (χ3n) is 3.46. The minimum absolute atomic E-state index is 0.156. The minimum atomic E-state index is -1.13. The first kappa shape index (κ1) is 13.9. The highest BCUT2D eigenvalue weighted by Gasteiger charge is 2.28. The highest BCUT2D eigenvalue weighted by Crippen LogP contribution is 2.28. The van der Waals surface area contributed by atoms with Crippen LogP contribution < -0.4 is 10.6 Å². The Morgan fingerprint density at radius 1 is 1.47 bits per heavy atom. The fourth-order valence-corrected chi connectivity index (χ4v) is 2.13. The number of amides is 2. The van der Waals surface area contributed by atoms with Gasteiger partial charge in [-0.3, -0.25) is 0 Å². The van der Waals surface area contributed by atoms with E-state index in [2.05, 4.69) is 10.6 Å². The number of rotatable bonds is 5. The Morgan fingerprint density at radius 3 is 2.68 bits per heavy atom. The quantitative estimate of drug-likeness (QED) is 0.761. The zero-order valence-corrected chi connectivity index (χ0v) is 11.7. The van der Waals surface area contributed by atoms with E-state index in [-0.39, 0.29) is 12.6 Å². The van der Waals surface area contributed by atoms with E-state index in [0.29, 0.717) is 17.2 Å². The highest BCUT2D eigenvalue weighted by atomic mass is 16.3. The fourth-order valence-electron chi connectivity index (χ4n) is 2.13. The van der Waals surface area contributed by atoms with E-state index in [0.717, 1.165) is 12.3 Å². The fraction of sp³-hybridized carbons (Fsp3) is 0.643. The van der Waals surface area contributed by atoms with Crippen molar-refractivity contribution in [2.45, 2.75) is 39.2 Å². The maximum atomic E-state index is 11.6. The van der Waals surface area contributed by atoms with Crippen molar-refractivity contribution in [3.05, 3.63) is 23.2 Å². The van der Waals surface area contributed by atoms with Crippen molar-refractivity contribution in [3.8, 4) is 0 Å². The Kier molecular flexibility index (Phi) is 3.85. The average Bonchev–Trinajstić information content (AvgIpc) is 3.09.